The Morgan fingerprint density at radius 1 is 1.26 bits per heavy atom. The van der Waals surface area contributed by atoms with Crippen molar-refractivity contribution in [3.05, 3.63) is 46.5 Å². The highest BCUT2D eigenvalue weighted by molar-refractivity contribution is 7.99. The highest BCUT2D eigenvalue weighted by atomic mass is 35.5. The minimum Gasteiger partial charge on any atom is -0.495 e. The van der Waals surface area contributed by atoms with Crippen LogP contribution in [0.4, 0.5) is 10.5 Å². The standard InChI is InChI=1S/C38H54ClN3O10S/c1-21-13-12-14-28(49-10)38(47)19-27(50-35(46)40-38)22(2)33-37(6,52-33)29(51-34(45)23(3)41(7)31(44)20-36(4,5)53-11)18-30(43)42(8)25-16-24(15-21)17-26(48-9)32(25)39/h12-14,16-17,22-23,27-29,33,47H,15,18-20H2,1-11H3,(H,40,46)/b14-12+,21-13+/t22-,23+,27+,28-,29+,33+,37+,38+/m1/s1. The Morgan fingerprint density at radius 2 is 1.94 bits per heavy atom. The van der Waals surface area contributed by atoms with Gasteiger partial charge in [0.15, 0.2) is 5.72 Å². The average Bonchev–Trinajstić information content (AvgIpc) is 3.79. The third-order valence-corrected chi connectivity index (χ3v) is 12.3. The molecule has 8 atom stereocenters. The van der Waals surface area contributed by atoms with E-state index in [4.69, 9.17) is 35.3 Å². The molecule has 0 spiro atoms. The van der Waals surface area contributed by atoms with E-state index >= 15 is 0 Å². The van der Waals surface area contributed by atoms with Crippen molar-refractivity contribution in [1.29, 1.82) is 0 Å². The van der Waals surface area contributed by atoms with E-state index in [9.17, 15) is 24.3 Å². The molecule has 2 fully saturated rings. The Bertz CT molecular complexity index is 1640. The van der Waals surface area contributed by atoms with Crippen molar-refractivity contribution in [2.24, 2.45) is 5.92 Å². The summed E-state index contributed by atoms with van der Waals surface area (Å²) >= 11 is 8.31. The normalized spacial score (nSPS) is 31.5. The van der Waals surface area contributed by atoms with Gasteiger partial charge in [-0.05, 0) is 51.1 Å². The second-order valence-electron chi connectivity index (χ2n) is 15.0. The summed E-state index contributed by atoms with van der Waals surface area (Å²) in [5.41, 5.74) is -0.899. The van der Waals surface area contributed by atoms with Crippen LogP contribution in [0.2, 0.25) is 5.02 Å². The third kappa shape index (κ3) is 9.51. The van der Waals surface area contributed by atoms with E-state index in [1.807, 2.05) is 33.1 Å². The van der Waals surface area contributed by atoms with Crippen LogP contribution in [0.25, 0.3) is 0 Å². The molecular weight excluding hydrogens is 726 g/mol. The summed E-state index contributed by atoms with van der Waals surface area (Å²) in [5, 5.41) is 14.5. The summed E-state index contributed by atoms with van der Waals surface area (Å²) < 4.78 is 28.9. The lowest BCUT2D eigenvalue weighted by Crippen LogP contribution is -2.63. The van der Waals surface area contributed by atoms with Crippen molar-refractivity contribution < 1.29 is 48.0 Å². The molecular formula is C38H54ClN3O10S. The smallest absolute Gasteiger partial charge is 0.409 e. The van der Waals surface area contributed by atoms with Gasteiger partial charge in [-0.2, -0.15) is 11.8 Å². The molecule has 2 saturated heterocycles. The maximum atomic E-state index is 14.2. The van der Waals surface area contributed by atoms with Crippen molar-refractivity contribution in [2.75, 3.05) is 39.5 Å². The number of alkyl carbamates (subject to hydrolysis) is 1. The van der Waals surface area contributed by atoms with Gasteiger partial charge in [-0.15, -0.1) is 0 Å². The number of anilines is 1. The largest absolute Gasteiger partial charge is 0.495 e. The van der Waals surface area contributed by atoms with Crippen LogP contribution in [0.5, 0.6) is 5.75 Å². The monoisotopic (exact) mass is 779 g/mol. The number of aliphatic hydroxyl groups is 1. The maximum absolute atomic E-state index is 14.2. The number of nitrogens with one attached hydrogen (secondary N) is 1. The molecule has 3 amide bonds. The van der Waals surface area contributed by atoms with Gasteiger partial charge < -0.3 is 38.6 Å². The number of esters is 1. The number of ether oxygens (including phenoxy) is 5. The quantitative estimate of drug-likeness (QED) is 0.269. The fraction of sp³-hybridized carbons (Fsp3) is 0.632. The lowest BCUT2D eigenvalue weighted by atomic mass is 9.83. The molecule has 3 heterocycles. The van der Waals surface area contributed by atoms with Crippen LogP contribution in [-0.4, -0.2) is 115 Å². The number of methoxy groups -OCH3 is 2. The summed E-state index contributed by atoms with van der Waals surface area (Å²) in [6.45, 7) is 10.9. The van der Waals surface area contributed by atoms with Crippen LogP contribution < -0.4 is 15.0 Å². The molecule has 0 saturated carbocycles. The molecule has 294 valence electrons. The molecule has 4 bridgehead atoms. The van der Waals surface area contributed by atoms with Crippen molar-refractivity contribution >= 4 is 52.9 Å². The Morgan fingerprint density at radius 3 is 2.57 bits per heavy atom. The van der Waals surface area contributed by atoms with Gasteiger partial charge in [0.2, 0.25) is 11.8 Å². The summed E-state index contributed by atoms with van der Waals surface area (Å²) in [6.07, 6.45) is 3.10. The third-order valence-electron chi connectivity index (χ3n) is 10.7. The number of benzene rings is 1. The molecule has 3 aliphatic heterocycles. The number of halogens is 1. The first-order valence-corrected chi connectivity index (χ1v) is 19.2. The van der Waals surface area contributed by atoms with Crippen LogP contribution in [-0.2, 0) is 39.8 Å². The number of epoxide rings is 1. The zero-order valence-electron chi connectivity index (χ0n) is 32.5. The molecule has 1 aromatic carbocycles. The van der Waals surface area contributed by atoms with Gasteiger partial charge >= 0.3 is 12.1 Å². The number of thioether (sulfide) groups is 1. The number of hydrogen-bond acceptors (Lipinski definition) is 11. The van der Waals surface area contributed by atoms with Crippen LogP contribution in [0.1, 0.15) is 66.4 Å². The second-order valence-corrected chi connectivity index (χ2v) is 16.9. The van der Waals surface area contributed by atoms with Gasteiger partial charge in [0.05, 0.1) is 25.3 Å². The summed E-state index contributed by atoms with van der Waals surface area (Å²) in [4.78, 5) is 56.7. The molecule has 53 heavy (non-hydrogen) atoms. The number of fused-ring (bicyclic) bond motifs is 5. The van der Waals surface area contributed by atoms with E-state index in [0.717, 1.165) is 11.1 Å². The summed E-state index contributed by atoms with van der Waals surface area (Å²) in [5.74, 6) is -1.53. The van der Waals surface area contributed by atoms with Crippen molar-refractivity contribution in [3.63, 3.8) is 0 Å². The van der Waals surface area contributed by atoms with E-state index in [0.29, 0.717) is 17.9 Å². The van der Waals surface area contributed by atoms with Crippen molar-refractivity contribution in [3.8, 4) is 5.75 Å². The molecule has 0 aliphatic carbocycles. The number of nitrogens with zero attached hydrogens (tertiary/aromatic N) is 2. The number of amides is 3. The van der Waals surface area contributed by atoms with Crippen LogP contribution in [0.3, 0.4) is 0 Å². The summed E-state index contributed by atoms with van der Waals surface area (Å²) in [7, 11) is 6.05. The fourth-order valence-corrected chi connectivity index (χ4v) is 7.36. The van der Waals surface area contributed by atoms with Crippen LogP contribution in [0, 0.1) is 5.92 Å². The predicted octanol–water partition coefficient (Wildman–Crippen LogP) is 5.05. The lowest BCUT2D eigenvalue weighted by molar-refractivity contribution is -0.162. The molecule has 4 rings (SSSR count). The van der Waals surface area contributed by atoms with Gasteiger partial charge in [-0.3, -0.25) is 14.9 Å². The molecule has 1 aromatic rings. The molecule has 0 unspecified atom stereocenters. The second kappa shape index (κ2) is 16.6. The van der Waals surface area contributed by atoms with E-state index in [2.05, 4.69) is 5.32 Å². The van der Waals surface area contributed by atoms with E-state index in [1.165, 1.54) is 24.0 Å². The zero-order chi connectivity index (χ0) is 39.6. The Kier molecular flexibility index (Phi) is 13.3. The van der Waals surface area contributed by atoms with Gasteiger partial charge in [-0.25, -0.2) is 9.59 Å². The molecule has 3 aliphatic rings. The predicted molar refractivity (Wildman–Crippen MR) is 203 cm³/mol. The first kappa shape index (κ1) is 42.4. The topological polar surface area (TPSA) is 156 Å². The number of carbonyl (C=O) groups excluding carboxylic acids is 4. The van der Waals surface area contributed by atoms with Gasteiger partial charge in [0.25, 0.3) is 0 Å². The molecule has 0 aromatic heterocycles. The Labute approximate surface area is 321 Å². The van der Waals surface area contributed by atoms with Crippen LogP contribution >= 0.6 is 23.4 Å². The van der Waals surface area contributed by atoms with Crippen molar-refractivity contribution in [1.82, 2.24) is 10.2 Å². The highest BCUT2D eigenvalue weighted by Crippen LogP contribution is 2.49. The average molecular weight is 780 g/mol. The molecule has 13 nitrogen and oxygen atoms in total. The van der Waals surface area contributed by atoms with Gasteiger partial charge in [-0.1, -0.05) is 56.2 Å². The maximum Gasteiger partial charge on any atom is 0.409 e. The Balaban J connectivity index is 1.75. The van der Waals surface area contributed by atoms with E-state index < -0.39 is 65.7 Å². The first-order valence-electron chi connectivity index (χ1n) is 17.6. The minimum absolute atomic E-state index is 0.0476. The lowest BCUT2D eigenvalue weighted by Gasteiger charge is -2.42. The van der Waals surface area contributed by atoms with Crippen LogP contribution in [0.15, 0.2) is 35.9 Å². The van der Waals surface area contributed by atoms with Gasteiger partial charge in [0.1, 0.15) is 40.7 Å². The van der Waals surface area contributed by atoms with E-state index in [1.54, 1.807) is 70.9 Å². The zero-order valence-corrected chi connectivity index (χ0v) is 34.1. The first-order chi connectivity index (χ1) is 24.7. The number of allylic oxidation sites excluding steroid dienone is 3. The number of carbonyl (C=O) groups is 4. The van der Waals surface area contributed by atoms with Gasteiger partial charge in [0, 0.05) is 44.7 Å². The number of likely N-dealkylation sites (N-methyl/N-ethyl adjacent to an activating group) is 1. The number of rotatable bonds is 8. The molecule has 0 radical (unpaired) electrons. The fourth-order valence-electron chi connectivity index (χ4n) is 6.78. The highest BCUT2D eigenvalue weighted by Gasteiger charge is 2.64. The number of hydrogen-bond donors (Lipinski definition) is 2. The van der Waals surface area contributed by atoms with Crippen molar-refractivity contribution in [2.45, 2.75) is 114 Å². The minimum atomic E-state index is -1.82. The summed E-state index contributed by atoms with van der Waals surface area (Å²) in [6, 6.07) is 2.62. The Hall–Kier alpha value is -3.30. The SMILES string of the molecule is COc1cc2cc(c1Cl)N(C)C(=O)C[C@H](OC(=O)[C@H](C)N(C)C(=O)CC(C)(C)SC)[C@]1(C)O[C@H]1[C@H](C)[C@@H]1C[C@@](O)(NC(=O)O1)[C@H](OC)/C=C/C=C(\C)C2. The van der Waals surface area contributed by atoms with E-state index in [-0.39, 0.29) is 34.9 Å². The molecule has 15 heteroatoms. The molecule has 2 N–H and O–H groups in total.